The molecule has 1 N–H and O–H groups in total. The number of hydrogen-bond donors (Lipinski definition) is 1. The maximum Gasteiger partial charge on any atom is 0.411 e. The van der Waals surface area contributed by atoms with Gasteiger partial charge in [-0.2, -0.15) is 0 Å². The third-order valence-electron chi connectivity index (χ3n) is 4.40. The summed E-state index contributed by atoms with van der Waals surface area (Å²) < 4.78 is 16.7. The van der Waals surface area contributed by atoms with Crippen LogP contribution in [0.4, 0.5) is 4.79 Å². The van der Waals surface area contributed by atoms with Crippen molar-refractivity contribution >= 4 is 22.8 Å². The lowest BCUT2D eigenvalue weighted by Gasteiger charge is -2.26. The first-order valence-electron chi connectivity index (χ1n) is 9.00. The molecular formula is C20H24N2O6. The molecule has 8 heteroatoms. The quantitative estimate of drug-likeness (QED) is 0.859. The Balaban J connectivity index is 1.83. The van der Waals surface area contributed by atoms with Gasteiger partial charge in [0.05, 0.1) is 13.7 Å². The summed E-state index contributed by atoms with van der Waals surface area (Å²) in [4.78, 5) is 29.5. The molecule has 1 aromatic carbocycles. The van der Waals surface area contributed by atoms with Crippen LogP contribution in [0.1, 0.15) is 27.2 Å². The van der Waals surface area contributed by atoms with Crippen LogP contribution in [-0.4, -0.2) is 58.5 Å². The Labute approximate surface area is 163 Å². The largest absolute Gasteiger partial charge is 0.496 e. The molecule has 0 saturated carbocycles. The molecule has 1 amide bonds. The summed E-state index contributed by atoms with van der Waals surface area (Å²) >= 11 is 0. The molecule has 0 aliphatic carbocycles. The van der Waals surface area contributed by atoms with Gasteiger partial charge in [-0.15, -0.1) is 0 Å². The minimum absolute atomic E-state index is 0.105. The van der Waals surface area contributed by atoms with E-state index in [0.717, 1.165) is 10.8 Å². The topological polar surface area (TPSA) is 98.2 Å². The number of ether oxygens (including phenoxy) is 3. The molecule has 1 fully saturated rings. The van der Waals surface area contributed by atoms with Crippen LogP contribution in [0, 0.1) is 0 Å². The van der Waals surface area contributed by atoms with Crippen LogP contribution in [0.25, 0.3) is 10.8 Å². The highest BCUT2D eigenvalue weighted by Gasteiger charge is 2.43. The van der Waals surface area contributed by atoms with Gasteiger partial charge in [0.2, 0.25) is 5.88 Å². The molecule has 1 aliphatic heterocycles. The van der Waals surface area contributed by atoms with E-state index in [2.05, 4.69) is 4.98 Å². The Morgan fingerprint density at radius 1 is 1.21 bits per heavy atom. The summed E-state index contributed by atoms with van der Waals surface area (Å²) in [5.41, 5.74) is -0.715. The second-order valence-corrected chi connectivity index (χ2v) is 7.63. The Bertz CT molecular complexity index is 892. The van der Waals surface area contributed by atoms with Crippen LogP contribution >= 0.6 is 0 Å². The number of aliphatic carboxylic acids is 1. The molecule has 0 bridgehead atoms. The molecular weight excluding hydrogens is 364 g/mol. The van der Waals surface area contributed by atoms with Gasteiger partial charge in [0.1, 0.15) is 23.5 Å². The number of carbonyl (C=O) groups excluding carboxylic acids is 1. The number of hydrogen-bond acceptors (Lipinski definition) is 6. The molecule has 1 aliphatic rings. The third-order valence-corrected chi connectivity index (χ3v) is 4.40. The molecule has 150 valence electrons. The van der Waals surface area contributed by atoms with Crippen molar-refractivity contribution in [2.45, 2.75) is 44.9 Å². The van der Waals surface area contributed by atoms with Gasteiger partial charge in [0, 0.05) is 23.4 Å². The van der Waals surface area contributed by atoms with Crippen LogP contribution < -0.4 is 9.47 Å². The molecule has 0 spiro atoms. The fraction of sp³-hybridized carbons (Fsp3) is 0.450. The molecule has 2 heterocycles. The van der Waals surface area contributed by atoms with E-state index >= 15 is 0 Å². The average Bonchev–Trinajstić information content (AvgIpc) is 3.04. The van der Waals surface area contributed by atoms with E-state index in [4.69, 9.17) is 14.2 Å². The molecule has 2 atom stereocenters. The molecule has 3 rings (SSSR count). The third kappa shape index (κ3) is 4.11. The van der Waals surface area contributed by atoms with Crippen LogP contribution in [0.15, 0.2) is 30.5 Å². The number of amides is 1. The van der Waals surface area contributed by atoms with Gasteiger partial charge < -0.3 is 19.3 Å². The van der Waals surface area contributed by atoms with Crippen molar-refractivity contribution in [1.29, 1.82) is 0 Å². The minimum atomic E-state index is -1.09. The lowest BCUT2D eigenvalue weighted by atomic mass is 10.1. The Hall–Kier alpha value is -3.03. The summed E-state index contributed by atoms with van der Waals surface area (Å²) in [5.74, 6) is -0.0314. The minimum Gasteiger partial charge on any atom is -0.496 e. The molecule has 8 nitrogen and oxygen atoms in total. The van der Waals surface area contributed by atoms with Crippen LogP contribution in [0.2, 0.25) is 0 Å². The highest BCUT2D eigenvalue weighted by molar-refractivity contribution is 5.91. The monoisotopic (exact) mass is 388 g/mol. The van der Waals surface area contributed by atoms with Crippen LogP contribution in [-0.2, 0) is 9.53 Å². The molecule has 0 radical (unpaired) electrons. The number of rotatable bonds is 4. The maximum atomic E-state index is 12.4. The average molecular weight is 388 g/mol. The fourth-order valence-electron chi connectivity index (χ4n) is 3.22. The molecule has 1 saturated heterocycles. The van der Waals surface area contributed by atoms with E-state index in [1.807, 2.05) is 24.3 Å². The standard InChI is InChI=1S/C20H24N2O6/c1-20(2,3)28-19(25)22-11-12(10-15(22)18(23)24)27-17-14-6-5-7-16(26-4)13(14)8-9-21-17/h5-9,12,15H,10-11H2,1-4H3,(H,23,24). The van der Waals surface area contributed by atoms with E-state index in [1.165, 1.54) is 4.90 Å². The molecule has 1 aromatic heterocycles. The van der Waals surface area contributed by atoms with E-state index in [0.29, 0.717) is 11.6 Å². The first-order valence-corrected chi connectivity index (χ1v) is 9.00. The summed E-state index contributed by atoms with van der Waals surface area (Å²) in [7, 11) is 1.59. The summed E-state index contributed by atoms with van der Waals surface area (Å²) in [6.45, 7) is 5.31. The first-order chi connectivity index (χ1) is 13.2. The molecule has 28 heavy (non-hydrogen) atoms. The summed E-state index contributed by atoms with van der Waals surface area (Å²) in [6.07, 6.45) is 0.572. The number of methoxy groups -OCH3 is 1. The maximum absolute atomic E-state index is 12.4. The number of benzene rings is 1. The predicted octanol–water partition coefficient (Wildman–Crippen LogP) is 3.08. The van der Waals surface area contributed by atoms with Crippen molar-refractivity contribution in [2.24, 2.45) is 0 Å². The first kappa shape index (κ1) is 19.7. The number of carbonyl (C=O) groups is 2. The van der Waals surface area contributed by atoms with Crippen LogP contribution in [0.5, 0.6) is 11.6 Å². The zero-order valence-electron chi connectivity index (χ0n) is 16.3. The summed E-state index contributed by atoms with van der Waals surface area (Å²) in [5, 5.41) is 11.1. The molecule has 2 aromatic rings. The smallest absolute Gasteiger partial charge is 0.411 e. The number of likely N-dealkylation sites (tertiary alicyclic amines) is 1. The van der Waals surface area contributed by atoms with E-state index in [1.54, 1.807) is 34.1 Å². The normalized spacial score (nSPS) is 19.5. The van der Waals surface area contributed by atoms with Crippen molar-refractivity contribution in [3.8, 4) is 11.6 Å². The van der Waals surface area contributed by atoms with Crippen molar-refractivity contribution in [3.05, 3.63) is 30.5 Å². The lowest BCUT2D eigenvalue weighted by Crippen LogP contribution is -2.43. The van der Waals surface area contributed by atoms with Gasteiger partial charge in [-0.3, -0.25) is 4.90 Å². The van der Waals surface area contributed by atoms with Crippen molar-refractivity contribution < 1.29 is 28.9 Å². The number of nitrogens with zero attached hydrogens (tertiary/aromatic N) is 2. The SMILES string of the molecule is COc1cccc2c(OC3CC(C(=O)O)N(C(=O)OC(C)(C)C)C3)nccc12. The van der Waals surface area contributed by atoms with Crippen molar-refractivity contribution in [1.82, 2.24) is 9.88 Å². The number of pyridine rings is 1. The van der Waals surface area contributed by atoms with Crippen LogP contribution in [0.3, 0.4) is 0 Å². The Kier molecular flexibility index (Phi) is 5.31. The van der Waals surface area contributed by atoms with Gasteiger partial charge in [0.15, 0.2) is 0 Å². The number of aromatic nitrogens is 1. The van der Waals surface area contributed by atoms with E-state index in [-0.39, 0.29) is 13.0 Å². The zero-order chi connectivity index (χ0) is 20.5. The van der Waals surface area contributed by atoms with Gasteiger partial charge >= 0.3 is 12.1 Å². The summed E-state index contributed by atoms with van der Waals surface area (Å²) in [6, 6.07) is 6.34. The second-order valence-electron chi connectivity index (χ2n) is 7.63. The van der Waals surface area contributed by atoms with Crippen molar-refractivity contribution in [3.63, 3.8) is 0 Å². The van der Waals surface area contributed by atoms with E-state index < -0.39 is 29.8 Å². The lowest BCUT2D eigenvalue weighted by molar-refractivity contribution is -0.142. The van der Waals surface area contributed by atoms with Gasteiger partial charge in [-0.1, -0.05) is 6.07 Å². The molecule has 2 unspecified atom stereocenters. The predicted molar refractivity (Wildman–Crippen MR) is 102 cm³/mol. The van der Waals surface area contributed by atoms with Gasteiger partial charge in [0.25, 0.3) is 0 Å². The Morgan fingerprint density at radius 3 is 2.61 bits per heavy atom. The van der Waals surface area contributed by atoms with Crippen molar-refractivity contribution in [2.75, 3.05) is 13.7 Å². The fourth-order valence-corrected chi connectivity index (χ4v) is 3.22. The van der Waals surface area contributed by atoms with E-state index in [9.17, 15) is 14.7 Å². The number of fused-ring (bicyclic) bond motifs is 1. The Morgan fingerprint density at radius 2 is 1.96 bits per heavy atom. The number of carboxylic acid groups (broad SMARTS) is 1. The second kappa shape index (κ2) is 7.53. The van der Waals surface area contributed by atoms with Gasteiger partial charge in [-0.05, 0) is 39.0 Å². The highest BCUT2D eigenvalue weighted by Crippen LogP contribution is 2.32. The van der Waals surface area contributed by atoms with Gasteiger partial charge in [-0.25, -0.2) is 14.6 Å². The highest BCUT2D eigenvalue weighted by atomic mass is 16.6. The zero-order valence-corrected chi connectivity index (χ0v) is 16.3. The number of carboxylic acids is 1.